The molecule has 1 atom stereocenters. The quantitative estimate of drug-likeness (QED) is 0.638. The first kappa shape index (κ1) is 20.0. The third-order valence-corrected chi connectivity index (χ3v) is 4.86. The Labute approximate surface area is 169 Å². The normalized spacial score (nSPS) is 12.2. The van der Waals surface area contributed by atoms with E-state index in [2.05, 4.69) is 15.5 Å². The Morgan fingerprint density at radius 3 is 2.64 bits per heavy atom. The van der Waals surface area contributed by atoms with Gasteiger partial charge < -0.3 is 9.84 Å². The lowest BCUT2D eigenvalue weighted by atomic mass is 10.0. The summed E-state index contributed by atoms with van der Waals surface area (Å²) in [5, 5.41) is 7.49. The summed E-state index contributed by atoms with van der Waals surface area (Å²) in [6.45, 7) is 4.24. The third kappa shape index (κ3) is 4.77. The van der Waals surface area contributed by atoms with E-state index in [-0.39, 0.29) is 5.91 Å². The van der Waals surface area contributed by atoms with E-state index in [1.54, 1.807) is 6.07 Å². The minimum atomic E-state index is -0.529. The number of nitrogens with one attached hydrogen (secondary N) is 1. The van der Waals surface area contributed by atoms with Crippen LogP contribution in [0, 0.1) is 6.92 Å². The standard InChI is InChI=1S/C21H23ClN4O2/c1-4-18-24-19(28-25-18)13-26(3)20(15-8-6-5-7-9-15)21(27)23-16-11-10-14(2)17(22)12-16/h5-12,20H,4,13H2,1-3H3,(H,23,27). The van der Waals surface area contributed by atoms with Crippen LogP contribution in [0.4, 0.5) is 5.69 Å². The number of anilines is 1. The highest BCUT2D eigenvalue weighted by Gasteiger charge is 2.26. The number of carbonyl (C=O) groups excluding carboxylic acids is 1. The molecule has 0 saturated heterocycles. The largest absolute Gasteiger partial charge is 0.338 e. The maximum Gasteiger partial charge on any atom is 0.246 e. The molecule has 2 aromatic carbocycles. The van der Waals surface area contributed by atoms with Crippen molar-refractivity contribution in [2.75, 3.05) is 12.4 Å². The molecule has 1 N–H and O–H groups in total. The van der Waals surface area contributed by atoms with Crippen molar-refractivity contribution in [2.24, 2.45) is 0 Å². The number of aromatic nitrogens is 2. The molecule has 1 heterocycles. The summed E-state index contributed by atoms with van der Waals surface area (Å²) in [7, 11) is 1.86. The second kappa shape index (κ2) is 8.99. The fourth-order valence-corrected chi connectivity index (χ4v) is 3.11. The van der Waals surface area contributed by atoms with E-state index in [1.807, 2.05) is 68.3 Å². The predicted molar refractivity (Wildman–Crippen MR) is 109 cm³/mol. The lowest BCUT2D eigenvalue weighted by Gasteiger charge is -2.26. The van der Waals surface area contributed by atoms with E-state index in [0.29, 0.717) is 35.4 Å². The summed E-state index contributed by atoms with van der Waals surface area (Å²) in [4.78, 5) is 19.4. The summed E-state index contributed by atoms with van der Waals surface area (Å²) in [6.07, 6.45) is 0.698. The number of hydrogen-bond acceptors (Lipinski definition) is 5. The summed E-state index contributed by atoms with van der Waals surface area (Å²) < 4.78 is 5.29. The Hall–Kier alpha value is -2.70. The average molecular weight is 399 g/mol. The maximum atomic E-state index is 13.1. The highest BCUT2D eigenvalue weighted by molar-refractivity contribution is 6.31. The molecule has 0 fully saturated rings. The van der Waals surface area contributed by atoms with Gasteiger partial charge in [-0.25, -0.2) is 0 Å². The molecule has 1 amide bonds. The summed E-state index contributed by atoms with van der Waals surface area (Å²) in [6, 6.07) is 14.5. The molecule has 7 heteroatoms. The van der Waals surface area contributed by atoms with Gasteiger partial charge in [0.15, 0.2) is 5.82 Å². The predicted octanol–water partition coefficient (Wildman–Crippen LogP) is 4.41. The van der Waals surface area contributed by atoms with Crippen molar-refractivity contribution < 1.29 is 9.32 Å². The van der Waals surface area contributed by atoms with E-state index in [9.17, 15) is 4.79 Å². The Morgan fingerprint density at radius 1 is 1.25 bits per heavy atom. The van der Waals surface area contributed by atoms with Gasteiger partial charge in [0.25, 0.3) is 0 Å². The number of nitrogens with zero attached hydrogens (tertiary/aromatic N) is 3. The van der Waals surface area contributed by atoms with Crippen LogP contribution in [0.15, 0.2) is 53.1 Å². The van der Waals surface area contributed by atoms with Crippen LogP contribution in [0.5, 0.6) is 0 Å². The Bertz CT molecular complexity index is 943. The van der Waals surface area contributed by atoms with Crippen molar-refractivity contribution in [3.05, 3.63) is 76.4 Å². The first-order valence-corrected chi connectivity index (χ1v) is 9.49. The number of hydrogen-bond donors (Lipinski definition) is 1. The van der Waals surface area contributed by atoms with Crippen molar-refractivity contribution in [1.29, 1.82) is 0 Å². The molecule has 0 aliphatic heterocycles. The number of likely N-dealkylation sites (N-methyl/N-ethyl adjacent to an activating group) is 1. The first-order chi connectivity index (χ1) is 13.5. The number of rotatable bonds is 7. The van der Waals surface area contributed by atoms with Crippen LogP contribution >= 0.6 is 11.6 Å². The third-order valence-electron chi connectivity index (χ3n) is 4.45. The van der Waals surface area contributed by atoms with Crippen molar-refractivity contribution in [2.45, 2.75) is 32.9 Å². The molecule has 0 radical (unpaired) electrons. The molecule has 3 rings (SSSR count). The number of halogens is 1. The second-order valence-electron chi connectivity index (χ2n) is 6.64. The molecule has 146 valence electrons. The van der Waals surface area contributed by atoms with E-state index in [4.69, 9.17) is 16.1 Å². The molecule has 0 spiro atoms. The van der Waals surface area contributed by atoms with Crippen LogP contribution in [-0.2, 0) is 17.8 Å². The Kier molecular flexibility index (Phi) is 6.44. The molecule has 1 aromatic heterocycles. The topological polar surface area (TPSA) is 71.3 Å². The van der Waals surface area contributed by atoms with E-state index >= 15 is 0 Å². The average Bonchev–Trinajstić information content (AvgIpc) is 3.13. The molecule has 0 saturated carbocycles. The molecule has 0 aliphatic rings. The fraction of sp³-hybridized carbons (Fsp3) is 0.286. The number of carbonyl (C=O) groups is 1. The van der Waals surface area contributed by atoms with Crippen LogP contribution in [0.1, 0.15) is 35.8 Å². The summed E-state index contributed by atoms with van der Waals surface area (Å²) >= 11 is 6.19. The molecule has 28 heavy (non-hydrogen) atoms. The molecule has 0 aliphatic carbocycles. The monoisotopic (exact) mass is 398 g/mol. The second-order valence-corrected chi connectivity index (χ2v) is 7.05. The molecule has 1 unspecified atom stereocenters. The Balaban J connectivity index is 1.83. The molecule has 0 bridgehead atoms. The highest BCUT2D eigenvalue weighted by Crippen LogP contribution is 2.25. The number of aryl methyl sites for hydroxylation is 2. The molecular weight excluding hydrogens is 376 g/mol. The Morgan fingerprint density at radius 2 is 2.00 bits per heavy atom. The van der Waals surface area contributed by atoms with Gasteiger partial charge in [-0.2, -0.15) is 4.98 Å². The van der Waals surface area contributed by atoms with Gasteiger partial charge in [-0.15, -0.1) is 0 Å². The highest BCUT2D eigenvalue weighted by atomic mass is 35.5. The van der Waals surface area contributed by atoms with Crippen LogP contribution in [0.3, 0.4) is 0 Å². The van der Waals surface area contributed by atoms with Gasteiger partial charge in [-0.05, 0) is 37.2 Å². The van der Waals surface area contributed by atoms with Gasteiger partial charge in [0.05, 0.1) is 6.54 Å². The van der Waals surface area contributed by atoms with Gasteiger partial charge in [0, 0.05) is 17.1 Å². The number of benzene rings is 2. The minimum absolute atomic E-state index is 0.163. The van der Waals surface area contributed by atoms with Gasteiger partial charge in [-0.3, -0.25) is 9.69 Å². The van der Waals surface area contributed by atoms with Gasteiger partial charge in [0.1, 0.15) is 6.04 Å². The SMILES string of the molecule is CCc1noc(CN(C)C(C(=O)Nc2ccc(C)c(Cl)c2)c2ccccc2)n1. The van der Waals surface area contributed by atoms with Crippen LogP contribution in [0.2, 0.25) is 5.02 Å². The van der Waals surface area contributed by atoms with Crippen molar-refractivity contribution >= 4 is 23.2 Å². The molecule has 6 nitrogen and oxygen atoms in total. The van der Waals surface area contributed by atoms with Crippen molar-refractivity contribution in [3.63, 3.8) is 0 Å². The lowest BCUT2D eigenvalue weighted by molar-refractivity contribution is -0.121. The summed E-state index contributed by atoms with van der Waals surface area (Å²) in [5.41, 5.74) is 2.48. The zero-order valence-corrected chi connectivity index (χ0v) is 16.9. The van der Waals surface area contributed by atoms with Crippen molar-refractivity contribution in [1.82, 2.24) is 15.0 Å². The zero-order chi connectivity index (χ0) is 20.1. The van der Waals surface area contributed by atoms with Crippen LogP contribution in [0.25, 0.3) is 0 Å². The number of amides is 1. The van der Waals surface area contributed by atoms with Gasteiger partial charge in [0.2, 0.25) is 11.8 Å². The molecular formula is C21H23ClN4O2. The van der Waals surface area contributed by atoms with Crippen LogP contribution < -0.4 is 5.32 Å². The smallest absolute Gasteiger partial charge is 0.246 e. The molecule has 3 aromatic rings. The first-order valence-electron chi connectivity index (χ1n) is 9.11. The van der Waals surface area contributed by atoms with E-state index in [0.717, 1.165) is 11.1 Å². The lowest BCUT2D eigenvalue weighted by Crippen LogP contribution is -2.34. The van der Waals surface area contributed by atoms with Gasteiger partial charge in [-0.1, -0.05) is 60.1 Å². The van der Waals surface area contributed by atoms with Crippen LogP contribution in [-0.4, -0.2) is 28.0 Å². The fourth-order valence-electron chi connectivity index (χ4n) is 2.93. The van der Waals surface area contributed by atoms with Crippen molar-refractivity contribution in [3.8, 4) is 0 Å². The van der Waals surface area contributed by atoms with Gasteiger partial charge >= 0.3 is 0 Å². The summed E-state index contributed by atoms with van der Waals surface area (Å²) in [5.74, 6) is 0.966. The maximum absolute atomic E-state index is 13.1. The van der Waals surface area contributed by atoms with E-state index in [1.165, 1.54) is 0 Å². The van der Waals surface area contributed by atoms with E-state index < -0.39 is 6.04 Å². The minimum Gasteiger partial charge on any atom is -0.338 e. The zero-order valence-electron chi connectivity index (χ0n) is 16.1.